The Bertz CT molecular complexity index is 556. The maximum Gasteiger partial charge on any atom is 0.161 e. The standard InChI is InChI=1S/C15H19N3O2/c1-3-8-20-13-6-4-11(5-7-13)15-17-12(10-19-2)9-14(16)18-15/h4-7,9H,3,8,10H2,1-2H3,(H2,16,17,18). The molecule has 0 bridgehead atoms. The fourth-order valence-corrected chi connectivity index (χ4v) is 1.79. The zero-order valence-corrected chi connectivity index (χ0v) is 11.8. The lowest BCUT2D eigenvalue weighted by molar-refractivity contribution is 0.181. The normalized spacial score (nSPS) is 10.5. The number of hydrogen-bond donors (Lipinski definition) is 1. The van der Waals surface area contributed by atoms with E-state index >= 15 is 0 Å². The van der Waals surface area contributed by atoms with E-state index in [2.05, 4.69) is 16.9 Å². The van der Waals surface area contributed by atoms with E-state index in [1.54, 1.807) is 13.2 Å². The molecule has 0 unspecified atom stereocenters. The van der Waals surface area contributed by atoms with Gasteiger partial charge in [0.15, 0.2) is 5.82 Å². The Kier molecular flexibility index (Phi) is 4.90. The molecule has 0 saturated carbocycles. The maximum absolute atomic E-state index is 5.79. The lowest BCUT2D eigenvalue weighted by Crippen LogP contribution is -2.01. The zero-order valence-electron chi connectivity index (χ0n) is 11.8. The van der Waals surface area contributed by atoms with Crippen molar-refractivity contribution >= 4 is 5.82 Å². The van der Waals surface area contributed by atoms with E-state index in [1.165, 1.54) is 0 Å². The molecule has 1 aromatic heterocycles. The van der Waals surface area contributed by atoms with Gasteiger partial charge in [-0.3, -0.25) is 0 Å². The van der Waals surface area contributed by atoms with E-state index in [0.29, 0.717) is 24.9 Å². The van der Waals surface area contributed by atoms with Crippen LogP contribution in [0.5, 0.6) is 5.75 Å². The topological polar surface area (TPSA) is 70.3 Å². The summed E-state index contributed by atoms with van der Waals surface area (Å²) in [6, 6.07) is 9.39. The molecule has 0 aliphatic rings. The van der Waals surface area contributed by atoms with Gasteiger partial charge in [0, 0.05) is 18.7 Å². The molecule has 5 nitrogen and oxygen atoms in total. The Balaban J connectivity index is 2.22. The van der Waals surface area contributed by atoms with E-state index in [-0.39, 0.29) is 0 Å². The summed E-state index contributed by atoms with van der Waals surface area (Å²) in [5.74, 6) is 1.88. The Morgan fingerprint density at radius 2 is 1.90 bits per heavy atom. The third-order valence-corrected chi connectivity index (χ3v) is 2.68. The molecule has 0 amide bonds. The van der Waals surface area contributed by atoms with E-state index in [1.807, 2.05) is 24.3 Å². The molecule has 1 heterocycles. The number of ether oxygens (including phenoxy) is 2. The average Bonchev–Trinajstić information content (AvgIpc) is 2.45. The Labute approximate surface area is 118 Å². The van der Waals surface area contributed by atoms with Gasteiger partial charge in [-0.25, -0.2) is 9.97 Å². The van der Waals surface area contributed by atoms with Crippen LogP contribution in [0, 0.1) is 0 Å². The first-order valence-corrected chi connectivity index (χ1v) is 6.58. The quantitative estimate of drug-likeness (QED) is 0.876. The first-order chi connectivity index (χ1) is 9.72. The van der Waals surface area contributed by atoms with E-state index < -0.39 is 0 Å². The van der Waals surface area contributed by atoms with Crippen LogP contribution in [0.1, 0.15) is 19.0 Å². The van der Waals surface area contributed by atoms with Gasteiger partial charge in [0.05, 0.1) is 18.9 Å². The van der Waals surface area contributed by atoms with Crippen molar-refractivity contribution in [2.45, 2.75) is 20.0 Å². The van der Waals surface area contributed by atoms with Crippen LogP contribution in [0.15, 0.2) is 30.3 Å². The van der Waals surface area contributed by atoms with Crippen molar-refractivity contribution in [2.75, 3.05) is 19.5 Å². The molecule has 0 spiro atoms. The molecule has 0 aliphatic carbocycles. The number of anilines is 1. The summed E-state index contributed by atoms with van der Waals surface area (Å²) in [4.78, 5) is 8.68. The Morgan fingerprint density at radius 1 is 1.15 bits per heavy atom. The van der Waals surface area contributed by atoms with Crippen molar-refractivity contribution in [3.63, 3.8) is 0 Å². The van der Waals surface area contributed by atoms with Crippen LogP contribution >= 0.6 is 0 Å². The van der Waals surface area contributed by atoms with Crippen LogP contribution in [0.2, 0.25) is 0 Å². The molecule has 20 heavy (non-hydrogen) atoms. The molecular formula is C15H19N3O2. The lowest BCUT2D eigenvalue weighted by atomic mass is 10.2. The second-order valence-electron chi connectivity index (χ2n) is 4.41. The summed E-state index contributed by atoms with van der Waals surface area (Å²) in [7, 11) is 1.62. The highest BCUT2D eigenvalue weighted by Crippen LogP contribution is 2.21. The van der Waals surface area contributed by atoms with E-state index in [4.69, 9.17) is 15.2 Å². The summed E-state index contributed by atoms with van der Waals surface area (Å²) in [6.07, 6.45) is 0.987. The summed E-state index contributed by atoms with van der Waals surface area (Å²) >= 11 is 0. The van der Waals surface area contributed by atoms with Crippen molar-refractivity contribution in [3.05, 3.63) is 36.0 Å². The van der Waals surface area contributed by atoms with Crippen molar-refractivity contribution in [2.24, 2.45) is 0 Å². The van der Waals surface area contributed by atoms with Crippen LogP contribution in [-0.4, -0.2) is 23.7 Å². The summed E-state index contributed by atoms with van der Waals surface area (Å²) < 4.78 is 10.6. The van der Waals surface area contributed by atoms with Gasteiger partial charge < -0.3 is 15.2 Å². The summed E-state index contributed by atoms with van der Waals surface area (Å²) in [5, 5.41) is 0. The predicted molar refractivity (Wildman–Crippen MR) is 78.4 cm³/mol. The van der Waals surface area contributed by atoms with Gasteiger partial charge in [0.25, 0.3) is 0 Å². The minimum atomic E-state index is 0.414. The maximum atomic E-state index is 5.79. The van der Waals surface area contributed by atoms with Crippen LogP contribution in [-0.2, 0) is 11.3 Å². The Hall–Kier alpha value is -2.14. The third-order valence-electron chi connectivity index (χ3n) is 2.68. The molecule has 1 aromatic carbocycles. The van der Waals surface area contributed by atoms with E-state index in [0.717, 1.165) is 23.4 Å². The van der Waals surface area contributed by atoms with Crippen molar-refractivity contribution < 1.29 is 9.47 Å². The molecule has 0 atom stereocenters. The number of nitrogens with zero attached hydrogens (tertiary/aromatic N) is 2. The molecule has 0 aliphatic heterocycles. The highest BCUT2D eigenvalue weighted by molar-refractivity contribution is 5.58. The number of hydrogen-bond acceptors (Lipinski definition) is 5. The van der Waals surface area contributed by atoms with Crippen LogP contribution in [0.3, 0.4) is 0 Å². The van der Waals surface area contributed by atoms with Gasteiger partial charge in [0.1, 0.15) is 11.6 Å². The Morgan fingerprint density at radius 3 is 2.55 bits per heavy atom. The van der Waals surface area contributed by atoms with Crippen molar-refractivity contribution in [1.82, 2.24) is 9.97 Å². The molecule has 2 aromatic rings. The van der Waals surface area contributed by atoms with Crippen molar-refractivity contribution in [1.29, 1.82) is 0 Å². The number of methoxy groups -OCH3 is 1. The van der Waals surface area contributed by atoms with Gasteiger partial charge >= 0.3 is 0 Å². The van der Waals surface area contributed by atoms with Crippen LogP contribution in [0.4, 0.5) is 5.82 Å². The molecule has 5 heteroatoms. The molecular weight excluding hydrogens is 254 g/mol. The van der Waals surface area contributed by atoms with Crippen molar-refractivity contribution in [3.8, 4) is 17.1 Å². The number of nitrogens with two attached hydrogens (primary N) is 1. The van der Waals surface area contributed by atoms with Gasteiger partial charge in [-0.15, -0.1) is 0 Å². The number of aromatic nitrogens is 2. The number of rotatable bonds is 6. The summed E-state index contributed by atoms with van der Waals surface area (Å²) in [5.41, 5.74) is 7.46. The molecule has 0 fully saturated rings. The minimum Gasteiger partial charge on any atom is -0.494 e. The first kappa shape index (κ1) is 14.3. The van der Waals surface area contributed by atoms with Gasteiger partial charge in [-0.05, 0) is 30.7 Å². The minimum absolute atomic E-state index is 0.414. The second-order valence-corrected chi connectivity index (χ2v) is 4.41. The van der Waals surface area contributed by atoms with Gasteiger partial charge in [-0.2, -0.15) is 0 Å². The average molecular weight is 273 g/mol. The van der Waals surface area contributed by atoms with Gasteiger partial charge in [-0.1, -0.05) is 6.92 Å². The highest BCUT2D eigenvalue weighted by atomic mass is 16.5. The lowest BCUT2D eigenvalue weighted by Gasteiger charge is -2.07. The number of nitrogen functional groups attached to an aromatic ring is 1. The van der Waals surface area contributed by atoms with Crippen LogP contribution < -0.4 is 10.5 Å². The zero-order chi connectivity index (χ0) is 14.4. The third kappa shape index (κ3) is 3.68. The highest BCUT2D eigenvalue weighted by Gasteiger charge is 2.06. The summed E-state index contributed by atoms with van der Waals surface area (Å²) in [6.45, 7) is 3.20. The SMILES string of the molecule is CCCOc1ccc(-c2nc(N)cc(COC)n2)cc1. The molecule has 0 radical (unpaired) electrons. The fraction of sp³-hybridized carbons (Fsp3) is 0.333. The monoisotopic (exact) mass is 273 g/mol. The van der Waals surface area contributed by atoms with Gasteiger partial charge in [0.2, 0.25) is 0 Å². The smallest absolute Gasteiger partial charge is 0.161 e. The fourth-order valence-electron chi connectivity index (χ4n) is 1.79. The molecule has 2 rings (SSSR count). The molecule has 2 N–H and O–H groups in total. The molecule has 106 valence electrons. The largest absolute Gasteiger partial charge is 0.494 e. The second kappa shape index (κ2) is 6.86. The van der Waals surface area contributed by atoms with E-state index in [9.17, 15) is 0 Å². The van der Waals surface area contributed by atoms with Crippen LogP contribution in [0.25, 0.3) is 11.4 Å². The number of benzene rings is 1. The molecule has 0 saturated heterocycles. The first-order valence-electron chi connectivity index (χ1n) is 6.58. The predicted octanol–water partition coefficient (Wildman–Crippen LogP) is 2.66.